The van der Waals surface area contributed by atoms with Gasteiger partial charge in [0.15, 0.2) is 0 Å². The van der Waals surface area contributed by atoms with Crippen LogP contribution < -0.4 is 0 Å². The van der Waals surface area contributed by atoms with E-state index in [-0.39, 0.29) is 11.5 Å². The predicted molar refractivity (Wildman–Crippen MR) is 123 cm³/mol. The zero-order valence-electron chi connectivity index (χ0n) is 18.8. The first-order valence-corrected chi connectivity index (χ1v) is 12.3. The molecule has 1 saturated carbocycles. The molecule has 1 aromatic carbocycles. The molecule has 2 bridgehead atoms. The van der Waals surface area contributed by atoms with Crippen molar-refractivity contribution in [2.45, 2.75) is 62.0 Å². The standard InChI is InChI=1S/C26H34N4O2/c31-21-5-4-20-16-23-26(32)9-14-29(12-6-24-27-10-1-11-28-24)13-7-25(26,22(20)17-21)8-15-30(23)18-19-2-3-19/h1,4-5,10-11,17,19,23,31-32H,2-3,6-9,12-16,18H2. The van der Waals surface area contributed by atoms with Gasteiger partial charge in [0, 0.05) is 49.9 Å². The lowest BCUT2D eigenvalue weighted by Gasteiger charge is -2.61. The minimum Gasteiger partial charge on any atom is -0.508 e. The molecule has 0 spiro atoms. The molecule has 1 aromatic heterocycles. The molecule has 4 aliphatic rings. The maximum absolute atomic E-state index is 12.5. The molecule has 6 rings (SSSR count). The molecule has 170 valence electrons. The number of fused-ring (bicyclic) bond motifs is 1. The third kappa shape index (κ3) is 3.35. The number of benzene rings is 1. The molecule has 3 fully saturated rings. The van der Waals surface area contributed by atoms with E-state index in [0.29, 0.717) is 5.75 Å². The monoisotopic (exact) mass is 434 g/mol. The lowest BCUT2D eigenvalue weighted by molar-refractivity contribution is -0.149. The fraction of sp³-hybridized carbons (Fsp3) is 0.615. The normalized spacial score (nSPS) is 32.7. The molecule has 3 unspecified atom stereocenters. The van der Waals surface area contributed by atoms with E-state index in [1.807, 2.05) is 30.6 Å². The zero-order chi connectivity index (χ0) is 21.8. The van der Waals surface area contributed by atoms with Crippen LogP contribution in [0.2, 0.25) is 0 Å². The van der Waals surface area contributed by atoms with Gasteiger partial charge >= 0.3 is 0 Å². The Balaban J connectivity index is 1.31. The van der Waals surface area contributed by atoms with Gasteiger partial charge in [-0.3, -0.25) is 4.90 Å². The molecule has 3 heterocycles. The quantitative estimate of drug-likeness (QED) is 0.754. The SMILES string of the molecule is Oc1ccc2c(c1)C13CCN(CCc4ncccn4)CCC1(O)C(C2)N(CC1CC1)CC3. The Kier molecular flexibility index (Phi) is 5.01. The van der Waals surface area contributed by atoms with E-state index in [0.717, 1.165) is 76.6 Å². The Morgan fingerprint density at radius 3 is 2.62 bits per heavy atom. The Labute approximate surface area is 190 Å². The Morgan fingerprint density at radius 2 is 1.81 bits per heavy atom. The van der Waals surface area contributed by atoms with Crippen molar-refractivity contribution in [1.29, 1.82) is 0 Å². The third-order valence-electron chi connectivity index (χ3n) is 8.79. The largest absolute Gasteiger partial charge is 0.508 e. The van der Waals surface area contributed by atoms with Gasteiger partial charge in [-0.15, -0.1) is 0 Å². The average molecular weight is 435 g/mol. The topological polar surface area (TPSA) is 72.7 Å². The van der Waals surface area contributed by atoms with Gasteiger partial charge < -0.3 is 15.1 Å². The van der Waals surface area contributed by atoms with Crippen LogP contribution in [0.3, 0.4) is 0 Å². The number of aromatic nitrogens is 2. The van der Waals surface area contributed by atoms with Crippen LogP contribution in [0.15, 0.2) is 36.7 Å². The van der Waals surface area contributed by atoms with Gasteiger partial charge in [-0.25, -0.2) is 9.97 Å². The summed E-state index contributed by atoms with van der Waals surface area (Å²) in [5.41, 5.74) is 1.50. The van der Waals surface area contributed by atoms with Crippen molar-refractivity contribution in [3.63, 3.8) is 0 Å². The second kappa shape index (κ2) is 7.79. The Morgan fingerprint density at radius 1 is 1.03 bits per heavy atom. The van der Waals surface area contributed by atoms with Gasteiger partial charge in [0.25, 0.3) is 0 Å². The summed E-state index contributed by atoms with van der Waals surface area (Å²) in [6.45, 7) is 4.95. The number of aromatic hydroxyl groups is 1. The average Bonchev–Trinajstić information content (AvgIpc) is 3.63. The highest BCUT2D eigenvalue weighted by atomic mass is 16.3. The van der Waals surface area contributed by atoms with E-state index in [4.69, 9.17) is 0 Å². The van der Waals surface area contributed by atoms with Gasteiger partial charge in [0.05, 0.1) is 5.60 Å². The molecule has 6 heteroatoms. The smallest absolute Gasteiger partial charge is 0.129 e. The molecule has 0 amide bonds. The summed E-state index contributed by atoms with van der Waals surface area (Å²) in [5.74, 6) is 2.03. The maximum atomic E-state index is 12.5. The van der Waals surface area contributed by atoms with Crippen LogP contribution in [-0.4, -0.2) is 74.3 Å². The van der Waals surface area contributed by atoms with E-state index >= 15 is 0 Å². The van der Waals surface area contributed by atoms with Crippen molar-refractivity contribution in [2.24, 2.45) is 5.92 Å². The summed E-state index contributed by atoms with van der Waals surface area (Å²) in [4.78, 5) is 13.9. The van der Waals surface area contributed by atoms with Crippen LogP contribution in [0.4, 0.5) is 0 Å². The molecule has 6 nitrogen and oxygen atoms in total. The van der Waals surface area contributed by atoms with Gasteiger partial charge in [0.1, 0.15) is 11.6 Å². The summed E-state index contributed by atoms with van der Waals surface area (Å²) in [6, 6.07) is 7.92. The minimum absolute atomic E-state index is 0.172. The fourth-order valence-corrected chi connectivity index (χ4v) is 6.85. The molecule has 2 saturated heterocycles. The fourth-order valence-electron chi connectivity index (χ4n) is 6.85. The number of aliphatic hydroxyl groups is 1. The van der Waals surface area contributed by atoms with Gasteiger partial charge in [-0.05, 0) is 86.9 Å². The van der Waals surface area contributed by atoms with Crippen molar-refractivity contribution in [2.75, 3.05) is 32.7 Å². The lowest BCUT2D eigenvalue weighted by Crippen LogP contribution is -2.71. The second-order valence-corrected chi connectivity index (χ2v) is 10.5. The number of likely N-dealkylation sites (tertiary alicyclic amines) is 2. The number of piperidine rings is 1. The maximum Gasteiger partial charge on any atom is 0.129 e. The van der Waals surface area contributed by atoms with Crippen LogP contribution in [-0.2, 0) is 18.3 Å². The van der Waals surface area contributed by atoms with Crippen molar-refractivity contribution < 1.29 is 10.2 Å². The van der Waals surface area contributed by atoms with Crippen molar-refractivity contribution >= 4 is 0 Å². The summed E-state index contributed by atoms with van der Waals surface area (Å²) < 4.78 is 0. The lowest BCUT2D eigenvalue weighted by atomic mass is 9.52. The van der Waals surface area contributed by atoms with Crippen LogP contribution in [0.5, 0.6) is 5.75 Å². The number of hydrogen-bond donors (Lipinski definition) is 2. The number of phenolic OH excluding ortho intramolecular Hbond substituents is 1. The summed E-state index contributed by atoms with van der Waals surface area (Å²) in [6.07, 6.45) is 10.7. The van der Waals surface area contributed by atoms with Crippen molar-refractivity contribution in [3.05, 3.63) is 53.6 Å². The number of phenols is 1. The number of nitrogens with zero attached hydrogens (tertiary/aromatic N) is 4. The highest BCUT2D eigenvalue weighted by molar-refractivity contribution is 5.48. The number of hydrogen-bond acceptors (Lipinski definition) is 6. The summed E-state index contributed by atoms with van der Waals surface area (Å²) >= 11 is 0. The van der Waals surface area contributed by atoms with E-state index < -0.39 is 5.60 Å². The molecule has 0 radical (unpaired) electrons. The first-order chi connectivity index (χ1) is 15.6. The van der Waals surface area contributed by atoms with Crippen molar-refractivity contribution in [1.82, 2.24) is 19.8 Å². The van der Waals surface area contributed by atoms with Crippen LogP contribution >= 0.6 is 0 Å². The third-order valence-corrected chi connectivity index (χ3v) is 8.79. The minimum atomic E-state index is -0.751. The highest BCUT2D eigenvalue weighted by Crippen LogP contribution is 2.56. The molecule has 2 aliphatic heterocycles. The van der Waals surface area contributed by atoms with E-state index in [9.17, 15) is 10.2 Å². The molecule has 32 heavy (non-hydrogen) atoms. The van der Waals surface area contributed by atoms with Crippen LogP contribution in [0, 0.1) is 5.92 Å². The molecular weight excluding hydrogens is 400 g/mol. The Hall–Kier alpha value is -2.02. The second-order valence-electron chi connectivity index (χ2n) is 10.5. The molecule has 2 aromatic rings. The highest BCUT2D eigenvalue weighted by Gasteiger charge is 2.63. The van der Waals surface area contributed by atoms with Gasteiger partial charge in [0.2, 0.25) is 0 Å². The van der Waals surface area contributed by atoms with Crippen LogP contribution in [0.25, 0.3) is 0 Å². The molecule has 3 atom stereocenters. The molecular formula is C26H34N4O2. The predicted octanol–water partition coefficient (Wildman–Crippen LogP) is 2.53. The first-order valence-electron chi connectivity index (χ1n) is 12.3. The number of rotatable bonds is 5. The zero-order valence-corrected chi connectivity index (χ0v) is 18.8. The Bertz CT molecular complexity index is 981. The van der Waals surface area contributed by atoms with E-state index in [1.54, 1.807) is 0 Å². The summed E-state index contributed by atoms with van der Waals surface area (Å²) in [7, 11) is 0. The molecule has 2 aliphatic carbocycles. The molecule has 2 N–H and O–H groups in total. The van der Waals surface area contributed by atoms with E-state index in [2.05, 4.69) is 25.8 Å². The first kappa shape index (κ1) is 20.6. The van der Waals surface area contributed by atoms with Crippen molar-refractivity contribution in [3.8, 4) is 5.75 Å². The van der Waals surface area contributed by atoms with Gasteiger partial charge in [-0.1, -0.05) is 6.07 Å². The summed E-state index contributed by atoms with van der Waals surface area (Å²) in [5, 5.41) is 22.9. The van der Waals surface area contributed by atoms with E-state index in [1.165, 1.54) is 24.0 Å². The van der Waals surface area contributed by atoms with Crippen LogP contribution in [0.1, 0.15) is 49.1 Å². The van der Waals surface area contributed by atoms with Gasteiger partial charge in [-0.2, -0.15) is 0 Å².